The smallest absolute Gasteiger partial charge is 0.236 e. The van der Waals surface area contributed by atoms with Crippen LogP contribution in [-0.2, 0) is 4.79 Å². The minimum absolute atomic E-state index is 0.298. The molecule has 0 aromatic rings. The van der Waals surface area contributed by atoms with Gasteiger partial charge in [0.15, 0.2) is 0 Å². The van der Waals surface area contributed by atoms with Crippen molar-refractivity contribution in [2.45, 2.75) is 52.0 Å². The van der Waals surface area contributed by atoms with Gasteiger partial charge < -0.3 is 10.2 Å². The van der Waals surface area contributed by atoms with Gasteiger partial charge in [0.2, 0.25) is 5.91 Å². The molecule has 1 amide bonds. The zero-order valence-electron chi connectivity index (χ0n) is 11.2. The van der Waals surface area contributed by atoms with E-state index in [9.17, 15) is 4.79 Å². The highest BCUT2D eigenvalue weighted by molar-refractivity contribution is 5.78. The molecule has 3 nitrogen and oxygen atoms in total. The van der Waals surface area contributed by atoms with Gasteiger partial charge >= 0.3 is 0 Å². The second-order valence-electron chi connectivity index (χ2n) is 6.01. The molecule has 17 heavy (non-hydrogen) atoms. The fraction of sp³-hybridized carbons (Fsp3) is 0.929. The van der Waals surface area contributed by atoms with Gasteiger partial charge in [-0.05, 0) is 51.0 Å². The summed E-state index contributed by atoms with van der Waals surface area (Å²) < 4.78 is 0. The van der Waals surface area contributed by atoms with Crippen molar-refractivity contribution in [1.29, 1.82) is 0 Å². The molecule has 0 aromatic heterocycles. The Morgan fingerprint density at radius 3 is 2.71 bits per heavy atom. The molecular formula is C14H26N2O. The van der Waals surface area contributed by atoms with Crippen molar-refractivity contribution < 1.29 is 4.79 Å². The number of hydrogen-bond acceptors (Lipinski definition) is 2. The Hall–Kier alpha value is -0.570. The summed E-state index contributed by atoms with van der Waals surface area (Å²) in [5.74, 6) is 1.81. The first-order valence-electron chi connectivity index (χ1n) is 7.17. The van der Waals surface area contributed by atoms with Crippen molar-refractivity contribution >= 4 is 5.91 Å². The second kappa shape index (κ2) is 5.85. The molecule has 1 aliphatic heterocycles. The number of amides is 1. The molecule has 2 atom stereocenters. The molecule has 3 heteroatoms. The monoisotopic (exact) mass is 238 g/mol. The molecule has 98 valence electrons. The number of likely N-dealkylation sites (tertiary alicyclic amines) is 1. The van der Waals surface area contributed by atoms with E-state index >= 15 is 0 Å². The number of rotatable bonds is 4. The Kier molecular flexibility index (Phi) is 4.43. The van der Waals surface area contributed by atoms with E-state index in [1.54, 1.807) is 0 Å². The molecule has 1 aliphatic carbocycles. The Morgan fingerprint density at radius 2 is 2.00 bits per heavy atom. The Balaban J connectivity index is 1.77. The van der Waals surface area contributed by atoms with Crippen molar-refractivity contribution in [2.24, 2.45) is 11.8 Å². The average Bonchev–Trinajstić information content (AvgIpc) is 3.09. The van der Waals surface area contributed by atoms with Gasteiger partial charge in [-0.2, -0.15) is 0 Å². The predicted octanol–water partition coefficient (Wildman–Crippen LogP) is 2.02. The minimum Gasteiger partial charge on any atom is -0.339 e. The zero-order chi connectivity index (χ0) is 12.3. The van der Waals surface area contributed by atoms with E-state index in [1.165, 1.54) is 32.1 Å². The van der Waals surface area contributed by atoms with Crippen molar-refractivity contribution in [2.75, 3.05) is 19.6 Å². The average molecular weight is 238 g/mol. The molecule has 1 N–H and O–H groups in total. The molecule has 0 aromatic carbocycles. The maximum absolute atomic E-state index is 12.2. The van der Waals surface area contributed by atoms with Crippen molar-refractivity contribution in [3.63, 3.8) is 0 Å². The summed E-state index contributed by atoms with van der Waals surface area (Å²) in [6.07, 6.45) is 6.39. The first-order chi connectivity index (χ1) is 8.16. The normalized spacial score (nSPS) is 30.1. The van der Waals surface area contributed by atoms with Crippen molar-refractivity contribution in [1.82, 2.24) is 10.2 Å². The summed E-state index contributed by atoms with van der Waals surface area (Å²) in [5.41, 5.74) is 0. The van der Waals surface area contributed by atoms with Gasteiger partial charge in [-0.1, -0.05) is 13.3 Å². The molecule has 0 spiro atoms. The highest BCUT2D eigenvalue weighted by Gasteiger charge is 2.25. The molecule has 2 rings (SSSR count). The molecule has 2 aliphatic rings. The van der Waals surface area contributed by atoms with Gasteiger partial charge in [0.05, 0.1) is 6.54 Å². The molecular weight excluding hydrogens is 212 g/mol. The summed E-state index contributed by atoms with van der Waals surface area (Å²) in [4.78, 5) is 14.3. The van der Waals surface area contributed by atoms with Crippen LogP contribution in [0.1, 0.15) is 46.0 Å². The van der Waals surface area contributed by atoms with Crippen LogP contribution in [0, 0.1) is 11.8 Å². The van der Waals surface area contributed by atoms with Crippen LogP contribution in [-0.4, -0.2) is 36.5 Å². The first kappa shape index (κ1) is 12.9. The lowest BCUT2D eigenvalue weighted by molar-refractivity contribution is -0.132. The van der Waals surface area contributed by atoms with Crippen LogP contribution >= 0.6 is 0 Å². The SMILES string of the molecule is CC1CCCC(C)N(C(=O)CNCC2CC2)C1. The topological polar surface area (TPSA) is 32.3 Å². The van der Waals surface area contributed by atoms with Crippen LogP contribution in [0.4, 0.5) is 0 Å². The van der Waals surface area contributed by atoms with Crippen LogP contribution in [0.5, 0.6) is 0 Å². The number of carbonyl (C=O) groups excluding carboxylic acids is 1. The van der Waals surface area contributed by atoms with Gasteiger partial charge in [0, 0.05) is 12.6 Å². The fourth-order valence-electron chi connectivity index (χ4n) is 2.68. The fourth-order valence-corrected chi connectivity index (χ4v) is 2.68. The third kappa shape index (κ3) is 3.98. The van der Waals surface area contributed by atoms with Crippen LogP contribution < -0.4 is 5.32 Å². The third-order valence-electron chi connectivity index (χ3n) is 4.09. The summed E-state index contributed by atoms with van der Waals surface area (Å²) in [7, 11) is 0. The first-order valence-corrected chi connectivity index (χ1v) is 7.17. The van der Waals surface area contributed by atoms with Crippen LogP contribution in [0.3, 0.4) is 0 Å². The van der Waals surface area contributed by atoms with Gasteiger partial charge in [0.1, 0.15) is 0 Å². The van der Waals surface area contributed by atoms with E-state index in [0.717, 1.165) is 19.0 Å². The van der Waals surface area contributed by atoms with E-state index in [2.05, 4.69) is 24.1 Å². The largest absolute Gasteiger partial charge is 0.339 e. The molecule has 1 heterocycles. The van der Waals surface area contributed by atoms with Crippen molar-refractivity contribution in [3.05, 3.63) is 0 Å². The lowest BCUT2D eigenvalue weighted by Gasteiger charge is -2.29. The van der Waals surface area contributed by atoms with E-state index in [1.807, 2.05) is 0 Å². The maximum atomic E-state index is 12.2. The van der Waals surface area contributed by atoms with Gasteiger partial charge in [-0.15, -0.1) is 0 Å². The Labute approximate surface area is 105 Å². The lowest BCUT2D eigenvalue weighted by atomic mass is 10.1. The second-order valence-corrected chi connectivity index (χ2v) is 6.01. The standard InChI is InChI=1S/C14H26N2O/c1-11-4-3-5-12(2)16(10-11)14(17)9-15-8-13-6-7-13/h11-13,15H,3-10H2,1-2H3. The quantitative estimate of drug-likeness (QED) is 0.812. The highest BCUT2D eigenvalue weighted by atomic mass is 16.2. The minimum atomic E-state index is 0.298. The van der Waals surface area contributed by atoms with E-state index < -0.39 is 0 Å². The third-order valence-corrected chi connectivity index (χ3v) is 4.09. The summed E-state index contributed by atoms with van der Waals surface area (Å²) in [6.45, 7) is 6.97. The summed E-state index contributed by atoms with van der Waals surface area (Å²) >= 11 is 0. The number of carbonyl (C=O) groups is 1. The number of hydrogen-bond donors (Lipinski definition) is 1. The lowest BCUT2D eigenvalue weighted by Crippen LogP contribution is -2.44. The molecule has 1 saturated heterocycles. The van der Waals surface area contributed by atoms with Crippen molar-refractivity contribution in [3.8, 4) is 0 Å². The van der Waals surface area contributed by atoms with Crippen LogP contribution in [0.15, 0.2) is 0 Å². The van der Waals surface area contributed by atoms with Gasteiger partial charge in [-0.3, -0.25) is 4.79 Å². The Bertz CT molecular complexity index is 263. The predicted molar refractivity (Wildman–Crippen MR) is 69.8 cm³/mol. The highest BCUT2D eigenvalue weighted by Crippen LogP contribution is 2.27. The molecule has 0 radical (unpaired) electrons. The summed E-state index contributed by atoms with van der Waals surface area (Å²) in [5, 5.41) is 3.31. The number of nitrogens with zero attached hydrogens (tertiary/aromatic N) is 1. The van der Waals surface area contributed by atoms with E-state index in [0.29, 0.717) is 24.4 Å². The number of nitrogens with one attached hydrogen (secondary N) is 1. The molecule has 2 unspecified atom stereocenters. The molecule has 0 bridgehead atoms. The van der Waals surface area contributed by atoms with Crippen LogP contribution in [0.25, 0.3) is 0 Å². The van der Waals surface area contributed by atoms with Crippen LogP contribution in [0.2, 0.25) is 0 Å². The maximum Gasteiger partial charge on any atom is 0.236 e. The van der Waals surface area contributed by atoms with E-state index in [-0.39, 0.29) is 0 Å². The molecule has 2 fully saturated rings. The molecule has 1 saturated carbocycles. The zero-order valence-corrected chi connectivity index (χ0v) is 11.2. The van der Waals surface area contributed by atoms with Gasteiger partial charge in [-0.25, -0.2) is 0 Å². The Morgan fingerprint density at radius 1 is 1.24 bits per heavy atom. The van der Waals surface area contributed by atoms with E-state index in [4.69, 9.17) is 0 Å². The van der Waals surface area contributed by atoms with Gasteiger partial charge in [0.25, 0.3) is 0 Å². The summed E-state index contributed by atoms with van der Waals surface area (Å²) in [6, 6.07) is 0.426.